The number of hydrogen-bond donors (Lipinski definition) is 4. The summed E-state index contributed by atoms with van der Waals surface area (Å²) in [4.78, 5) is 40.5. The number of nitrogens with zero attached hydrogens (tertiary/aromatic N) is 1. The molecule has 198 valence electrons. The predicted molar refractivity (Wildman–Crippen MR) is 142 cm³/mol. The van der Waals surface area contributed by atoms with Gasteiger partial charge in [0.1, 0.15) is 23.5 Å². The first-order valence-corrected chi connectivity index (χ1v) is 12.5. The van der Waals surface area contributed by atoms with Crippen molar-refractivity contribution in [2.45, 2.75) is 70.7 Å². The van der Waals surface area contributed by atoms with Crippen LogP contribution in [0.1, 0.15) is 63.1 Å². The van der Waals surface area contributed by atoms with Crippen LogP contribution in [0, 0.1) is 5.41 Å². The van der Waals surface area contributed by atoms with E-state index in [0.717, 1.165) is 11.1 Å². The highest BCUT2D eigenvalue weighted by Gasteiger charge is 2.39. The number of likely N-dealkylation sites (tertiary alicyclic amines) is 1. The third-order valence-electron chi connectivity index (χ3n) is 6.29. The zero-order valence-corrected chi connectivity index (χ0v) is 21.9. The average molecular weight is 508 g/mol. The lowest BCUT2D eigenvalue weighted by Gasteiger charge is -2.39. The maximum absolute atomic E-state index is 13.4. The molecule has 0 spiro atoms. The fourth-order valence-electron chi connectivity index (χ4n) is 4.30. The number of amidine groups is 1. The maximum atomic E-state index is 13.4. The fraction of sp³-hybridized carbons (Fsp3) is 0.429. The Morgan fingerprint density at radius 2 is 1.76 bits per heavy atom. The van der Waals surface area contributed by atoms with Gasteiger partial charge in [-0.05, 0) is 57.6 Å². The monoisotopic (exact) mass is 507 g/mol. The molecule has 1 aliphatic rings. The van der Waals surface area contributed by atoms with Crippen molar-refractivity contribution in [3.63, 3.8) is 0 Å². The Morgan fingerprint density at radius 1 is 1.11 bits per heavy atom. The third-order valence-corrected chi connectivity index (χ3v) is 6.29. The Bertz CT molecular complexity index is 1110. The van der Waals surface area contributed by atoms with E-state index in [1.165, 1.54) is 4.90 Å². The van der Waals surface area contributed by atoms with Crippen molar-refractivity contribution in [1.29, 1.82) is 5.41 Å². The van der Waals surface area contributed by atoms with E-state index in [9.17, 15) is 14.4 Å². The molecule has 3 amide bonds. The molecule has 2 aromatic rings. The van der Waals surface area contributed by atoms with Gasteiger partial charge in [0.25, 0.3) is 0 Å². The van der Waals surface area contributed by atoms with Gasteiger partial charge in [0.05, 0.1) is 0 Å². The Hall–Kier alpha value is -3.88. The van der Waals surface area contributed by atoms with Crippen molar-refractivity contribution in [3.05, 3.63) is 71.3 Å². The number of piperidine rings is 1. The Kier molecular flexibility index (Phi) is 8.91. The van der Waals surface area contributed by atoms with E-state index in [-0.39, 0.29) is 30.1 Å². The largest absolute Gasteiger partial charge is 0.444 e. The summed E-state index contributed by atoms with van der Waals surface area (Å²) in [5.74, 6) is -0.648. The number of benzene rings is 2. The lowest BCUT2D eigenvalue weighted by atomic mass is 9.85. The minimum absolute atomic E-state index is 0.0236. The Morgan fingerprint density at radius 3 is 2.35 bits per heavy atom. The highest BCUT2D eigenvalue weighted by atomic mass is 16.6. The quantitative estimate of drug-likeness (QED) is 0.337. The lowest BCUT2D eigenvalue weighted by molar-refractivity contribution is -0.132. The summed E-state index contributed by atoms with van der Waals surface area (Å²) < 4.78 is 5.57. The van der Waals surface area contributed by atoms with Crippen molar-refractivity contribution in [3.8, 4) is 0 Å². The molecule has 9 heteroatoms. The molecule has 0 aliphatic carbocycles. The maximum Gasteiger partial charge on any atom is 0.410 e. The van der Waals surface area contributed by atoms with Crippen LogP contribution in [0.15, 0.2) is 54.6 Å². The van der Waals surface area contributed by atoms with Crippen molar-refractivity contribution in [1.82, 2.24) is 15.5 Å². The van der Waals surface area contributed by atoms with Crippen LogP contribution in [0.2, 0.25) is 0 Å². The summed E-state index contributed by atoms with van der Waals surface area (Å²) in [5, 5.41) is 13.1. The molecule has 1 fully saturated rings. The van der Waals surface area contributed by atoms with Crippen LogP contribution in [0.3, 0.4) is 0 Å². The normalized spacial score (nSPS) is 18.4. The molecule has 5 N–H and O–H groups in total. The summed E-state index contributed by atoms with van der Waals surface area (Å²) in [6, 6.07) is 15.4. The highest BCUT2D eigenvalue weighted by Crippen LogP contribution is 2.32. The number of rotatable bonds is 7. The van der Waals surface area contributed by atoms with Gasteiger partial charge in [-0.1, -0.05) is 54.6 Å². The van der Waals surface area contributed by atoms with Crippen LogP contribution in [-0.2, 0) is 20.9 Å². The van der Waals surface area contributed by atoms with Crippen LogP contribution in [0.4, 0.5) is 4.79 Å². The lowest BCUT2D eigenvalue weighted by Crippen LogP contribution is -2.57. The molecule has 0 aromatic heterocycles. The molecule has 1 heterocycles. The number of amides is 3. The zero-order valence-electron chi connectivity index (χ0n) is 21.9. The molecule has 0 radical (unpaired) electrons. The molecule has 1 saturated heterocycles. The smallest absolute Gasteiger partial charge is 0.410 e. The van der Waals surface area contributed by atoms with Crippen LogP contribution in [0.5, 0.6) is 0 Å². The van der Waals surface area contributed by atoms with Gasteiger partial charge < -0.3 is 21.1 Å². The molecule has 1 aliphatic heterocycles. The first kappa shape index (κ1) is 27.7. The van der Waals surface area contributed by atoms with Gasteiger partial charge in [-0.25, -0.2) is 4.79 Å². The number of carbonyl (C=O) groups is 3. The van der Waals surface area contributed by atoms with Crippen LogP contribution in [0.25, 0.3) is 0 Å². The van der Waals surface area contributed by atoms with E-state index in [1.54, 1.807) is 52.0 Å². The van der Waals surface area contributed by atoms with Gasteiger partial charge in [-0.2, -0.15) is 0 Å². The standard InChI is InChI=1S/C28H37N5O4/c1-18(25(34)31-17-19-10-12-21(13-11-19)24(29)30)32-26(35)23-16-22(20-8-6-5-7-9-20)14-15-33(23)27(36)37-28(2,3)4/h5-13,18,22-23H,14-17H2,1-4H3,(H3,29,30)(H,31,34)(H,32,35)/t18?,22-,23+/m0/s1. The second kappa shape index (κ2) is 11.9. The van der Waals surface area contributed by atoms with Crippen molar-refractivity contribution < 1.29 is 19.1 Å². The number of nitrogens with two attached hydrogens (primary N) is 1. The number of nitrogens with one attached hydrogen (secondary N) is 3. The Balaban J connectivity index is 1.66. The minimum atomic E-state index is -0.804. The van der Waals surface area contributed by atoms with E-state index in [0.29, 0.717) is 24.9 Å². The average Bonchev–Trinajstić information content (AvgIpc) is 2.86. The minimum Gasteiger partial charge on any atom is -0.444 e. The number of carbonyl (C=O) groups excluding carboxylic acids is 3. The van der Waals surface area contributed by atoms with E-state index in [1.807, 2.05) is 30.3 Å². The molecule has 37 heavy (non-hydrogen) atoms. The molecular weight excluding hydrogens is 470 g/mol. The number of nitrogen functional groups attached to an aromatic ring is 1. The van der Waals surface area contributed by atoms with E-state index < -0.39 is 23.8 Å². The molecule has 3 rings (SSSR count). The van der Waals surface area contributed by atoms with Crippen LogP contribution in [-0.4, -0.2) is 52.9 Å². The second-order valence-electron chi connectivity index (χ2n) is 10.4. The SMILES string of the molecule is CC(NC(=O)[C@H]1C[C@@H](c2ccccc2)CCN1C(=O)OC(C)(C)C)C(=O)NCc1ccc(C(=N)N)cc1. The fourth-order valence-corrected chi connectivity index (χ4v) is 4.30. The van der Waals surface area contributed by atoms with Gasteiger partial charge in [0.2, 0.25) is 11.8 Å². The van der Waals surface area contributed by atoms with Gasteiger partial charge >= 0.3 is 6.09 Å². The first-order chi connectivity index (χ1) is 17.4. The van der Waals surface area contributed by atoms with Crippen LogP contribution < -0.4 is 16.4 Å². The first-order valence-electron chi connectivity index (χ1n) is 12.5. The van der Waals surface area contributed by atoms with E-state index in [2.05, 4.69) is 10.6 Å². The predicted octanol–water partition coefficient (Wildman–Crippen LogP) is 3.27. The van der Waals surface area contributed by atoms with Gasteiger partial charge in [-0.3, -0.25) is 19.9 Å². The van der Waals surface area contributed by atoms with Gasteiger partial charge in [0.15, 0.2) is 0 Å². The second-order valence-corrected chi connectivity index (χ2v) is 10.4. The molecular formula is C28H37N5O4. The summed E-state index contributed by atoms with van der Waals surface area (Å²) in [7, 11) is 0. The number of hydrogen-bond acceptors (Lipinski definition) is 5. The summed E-state index contributed by atoms with van der Waals surface area (Å²) in [6.45, 7) is 7.62. The van der Waals surface area contributed by atoms with Crippen molar-refractivity contribution in [2.24, 2.45) is 5.73 Å². The van der Waals surface area contributed by atoms with Crippen molar-refractivity contribution >= 4 is 23.7 Å². The summed E-state index contributed by atoms with van der Waals surface area (Å²) in [5.41, 5.74) is 7.34. The zero-order chi connectivity index (χ0) is 27.2. The van der Waals surface area contributed by atoms with Crippen LogP contribution >= 0.6 is 0 Å². The summed E-state index contributed by atoms with van der Waals surface area (Å²) in [6.07, 6.45) is 0.613. The molecule has 3 atom stereocenters. The number of ether oxygens (including phenoxy) is 1. The molecule has 9 nitrogen and oxygen atoms in total. The van der Waals surface area contributed by atoms with Gasteiger partial charge in [-0.15, -0.1) is 0 Å². The highest BCUT2D eigenvalue weighted by molar-refractivity contribution is 5.95. The van der Waals surface area contributed by atoms with Gasteiger partial charge in [0, 0.05) is 18.7 Å². The molecule has 0 saturated carbocycles. The Labute approximate surface area is 218 Å². The topological polar surface area (TPSA) is 138 Å². The van der Waals surface area contributed by atoms with E-state index >= 15 is 0 Å². The molecule has 2 aromatic carbocycles. The van der Waals surface area contributed by atoms with E-state index in [4.69, 9.17) is 15.9 Å². The third kappa shape index (κ3) is 7.80. The summed E-state index contributed by atoms with van der Waals surface area (Å²) >= 11 is 0. The molecule has 0 bridgehead atoms. The molecule has 1 unspecified atom stereocenters. The van der Waals surface area contributed by atoms with Crippen molar-refractivity contribution in [2.75, 3.05) is 6.54 Å².